The van der Waals surface area contributed by atoms with Gasteiger partial charge in [-0.15, -0.1) is 0 Å². The van der Waals surface area contributed by atoms with E-state index in [1.54, 1.807) is 12.1 Å². The van der Waals surface area contributed by atoms with Crippen LogP contribution in [0.2, 0.25) is 0 Å². The Morgan fingerprint density at radius 2 is 2.23 bits per heavy atom. The van der Waals surface area contributed by atoms with E-state index in [0.29, 0.717) is 5.92 Å². The lowest BCUT2D eigenvalue weighted by Gasteiger charge is -2.33. The average Bonchev–Trinajstić information content (AvgIpc) is 3.21. The molecule has 1 N–H and O–H groups in total. The van der Waals surface area contributed by atoms with Crippen molar-refractivity contribution in [1.29, 1.82) is 0 Å². The molecule has 4 heteroatoms. The maximum atomic E-state index is 13.6. The molecule has 1 atom stereocenters. The van der Waals surface area contributed by atoms with Gasteiger partial charge in [-0.1, -0.05) is 6.92 Å². The van der Waals surface area contributed by atoms with Crippen molar-refractivity contribution in [2.24, 2.45) is 5.92 Å². The van der Waals surface area contributed by atoms with Crippen molar-refractivity contribution in [2.45, 2.75) is 38.0 Å². The van der Waals surface area contributed by atoms with Gasteiger partial charge in [0.2, 0.25) is 5.91 Å². The number of rotatable bonds is 2. The lowest BCUT2D eigenvalue weighted by Crippen LogP contribution is -2.44. The number of halogens is 1. The van der Waals surface area contributed by atoms with Crippen molar-refractivity contribution < 1.29 is 9.18 Å². The second-order valence-corrected chi connectivity index (χ2v) is 6.97. The Balaban J connectivity index is 1.70. The zero-order chi connectivity index (χ0) is 15.3. The minimum Gasteiger partial charge on any atom is -0.361 e. The van der Waals surface area contributed by atoms with Crippen molar-refractivity contribution >= 4 is 16.8 Å². The molecule has 1 amide bonds. The molecule has 2 fully saturated rings. The molecule has 2 aliphatic rings. The second kappa shape index (κ2) is 4.83. The number of nitrogens with zero attached hydrogens (tertiary/aromatic N) is 1. The zero-order valence-corrected chi connectivity index (χ0v) is 12.9. The maximum absolute atomic E-state index is 13.6. The van der Waals surface area contributed by atoms with E-state index in [1.165, 1.54) is 12.5 Å². The molecule has 1 aliphatic heterocycles. The number of fused-ring (bicyclic) bond motifs is 1. The third-order valence-electron chi connectivity index (χ3n) is 5.26. The number of nitrogens with one attached hydrogen (secondary N) is 1. The van der Waals surface area contributed by atoms with Crippen molar-refractivity contribution in [3.63, 3.8) is 0 Å². The molecule has 116 valence electrons. The number of amides is 1. The quantitative estimate of drug-likeness (QED) is 0.904. The largest absolute Gasteiger partial charge is 0.361 e. The van der Waals surface area contributed by atoms with Gasteiger partial charge >= 0.3 is 0 Å². The molecule has 1 aromatic heterocycles. The smallest absolute Gasteiger partial charge is 0.233 e. The fourth-order valence-electron chi connectivity index (χ4n) is 3.89. The molecule has 22 heavy (non-hydrogen) atoms. The molecule has 2 aromatic rings. The monoisotopic (exact) mass is 300 g/mol. The highest BCUT2D eigenvalue weighted by Gasteiger charge is 2.54. The number of likely N-dealkylation sites (tertiary alicyclic amines) is 1. The van der Waals surface area contributed by atoms with E-state index in [4.69, 9.17) is 0 Å². The number of aromatic amines is 1. The number of H-pyrrole nitrogens is 1. The Labute approximate surface area is 129 Å². The van der Waals surface area contributed by atoms with Crippen LogP contribution in [0.5, 0.6) is 0 Å². The fraction of sp³-hybridized carbons (Fsp3) is 0.500. The van der Waals surface area contributed by atoms with Gasteiger partial charge in [0.05, 0.1) is 5.41 Å². The summed E-state index contributed by atoms with van der Waals surface area (Å²) in [5, 5.41) is 0.857. The number of piperidine rings is 1. The summed E-state index contributed by atoms with van der Waals surface area (Å²) in [5.74, 6) is 0.571. The lowest BCUT2D eigenvalue weighted by molar-refractivity contribution is -0.135. The molecule has 4 rings (SSSR count). The lowest BCUT2D eigenvalue weighted by atomic mass is 9.91. The summed E-state index contributed by atoms with van der Waals surface area (Å²) in [6, 6.07) is 4.75. The number of carbonyl (C=O) groups is 1. The third-order valence-corrected chi connectivity index (χ3v) is 5.26. The van der Waals surface area contributed by atoms with Crippen LogP contribution in [-0.2, 0) is 10.2 Å². The summed E-state index contributed by atoms with van der Waals surface area (Å²) in [6.07, 6.45) is 5.95. The van der Waals surface area contributed by atoms with E-state index in [1.807, 2.05) is 11.1 Å². The van der Waals surface area contributed by atoms with Gasteiger partial charge in [0, 0.05) is 30.2 Å². The first kappa shape index (κ1) is 13.8. The van der Waals surface area contributed by atoms with Crippen molar-refractivity contribution in [2.75, 3.05) is 13.1 Å². The van der Waals surface area contributed by atoms with Crippen LogP contribution in [0.25, 0.3) is 10.9 Å². The molecular formula is C18H21FN2O. The van der Waals surface area contributed by atoms with E-state index < -0.39 is 5.41 Å². The van der Waals surface area contributed by atoms with Crippen molar-refractivity contribution in [3.8, 4) is 0 Å². The summed E-state index contributed by atoms with van der Waals surface area (Å²) in [4.78, 5) is 18.3. The summed E-state index contributed by atoms with van der Waals surface area (Å²) < 4.78 is 13.6. The van der Waals surface area contributed by atoms with Crippen LogP contribution in [0.15, 0.2) is 24.4 Å². The molecule has 0 bridgehead atoms. The molecule has 0 spiro atoms. The van der Waals surface area contributed by atoms with Crippen LogP contribution in [0, 0.1) is 11.7 Å². The van der Waals surface area contributed by atoms with Crippen LogP contribution in [0.1, 0.15) is 38.2 Å². The minimum absolute atomic E-state index is 0.240. The molecule has 1 unspecified atom stereocenters. The molecule has 1 saturated carbocycles. The predicted molar refractivity (Wildman–Crippen MR) is 84.1 cm³/mol. The highest BCUT2D eigenvalue weighted by molar-refractivity contribution is 5.97. The Morgan fingerprint density at radius 3 is 2.95 bits per heavy atom. The van der Waals surface area contributed by atoms with Crippen LogP contribution in [0.4, 0.5) is 4.39 Å². The fourth-order valence-corrected chi connectivity index (χ4v) is 3.89. The number of hydrogen-bond acceptors (Lipinski definition) is 1. The Morgan fingerprint density at radius 1 is 1.41 bits per heavy atom. The van der Waals surface area contributed by atoms with Gasteiger partial charge in [0.25, 0.3) is 0 Å². The van der Waals surface area contributed by atoms with Crippen molar-refractivity contribution in [3.05, 3.63) is 35.8 Å². The second-order valence-electron chi connectivity index (χ2n) is 6.97. The summed E-state index contributed by atoms with van der Waals surface area (Å²) in [7, 11) is 0. The molecule has 1 aliphatic carbocycles. The standard InChI is InChI=1S/C18H21FN2O/c1-12-3-2-8-21(11-12)17(22)18(6-7-18)15-10-20-16-5-4-13(19)9-14(15)16/h4-5,9-10,12,20H,2-3,6-8,11H2,1H3. The Kier molecular flexibility index (Phi) is 3.03. The zero-order valence-electron chi connectivity index (χ0n) is 12.9. The third kappa shape index (κ3) is 2.04. The molecule has 2 heterocycles. The molecule has 1 saturated heterocycles. The van der Waals surface area contributed by atoms with Gasteiger partial charge in [-0.2, -0.15) is 0 Å². The first-order valence-corrected chi connectivity index (χ1v) is 8.17. The van der Waals surface area contributed by atoms with Gasteiger partial charge in [0.1, 0.15) is 5.82 Å². The maximum Gasteiger partial charge on any atom is 0.233 e. The van der Waals surface area contributed by atoms with E-state index >= 15 is 0 Å². The molecule has 1 aromatic carbocycles. The van der Waals surface area contributed by atoms with Crippen molar-refractivity contribution in [1.82, 2.24) is 9.88 Å². The van der Waals surface area contributed by atoms with Gasteiger partial charge in [-0.25, -0.2) is 4.39 Å². The molecule has 0 radical (unpaired) electrons. The summed E-state index contributed by atoms with van der Waals surface area (Å²) in [5.41, 5.74) is 1.47. The van der Waals surface area contributed by atoms with Crippen LogP contribution < -0.4 is 0 Å². The number of carbonyl (C=O) groups excluding carboxylic acids is 1. The Bertz CT molecular complexity index is 732. The normalized spacial score (nSPS) is 23.7. The van der Waals surface area contributed by atoms with Gasteiger partial charge in [-0.3, -0.25) is 4.79 Å². The van der Waals surface area contributed by atoms with Gasteiger partial charge in [-0.05, 0) is 55.4 Å². The summed E-state index contributed by atoms with van der Waals surface area (Å²) >= 11 is 0. The van der Waals surface area contributed by atoms with Crippen LogP contribution in [0.3, 0.4) is 0 Å². The molecule has 3 nitrogen and oxygen atoms in total. The highest BCUT2D eigenvalue weighted by Crippen LogP contribution is 2.52. The highest BCUT2D eigenvalue weighted by atomic mass is 19.1. The summed E-state index contributed by atoms with van der Waals surface area (Å²) in [6.45, 7) is 3.93. The number of aromatic nitrogens is 1. The Hall–Kier alpha value is -1.84. The topological polar surface area (TPSA) is 36.1 Å². The number of hydrogen-bond donors (Lipinski definition) is 1. The number of benzene rings is 1. The van der Waals surface area contributed by atoms with Gasteiger partial charge < -0.3 is 9.88 Å². The van der Waals surface area contributed by atoms with Gasteiger partial charge in [0.15, 0.2) is 0 Å². The minimum atomic E-state index is -0.414. The molecular weight excluding hydrogens is 279 g/mol. The van der Waals surface area contributed by atoms with E-state index in [2.05, 4.69) is 11.9 Å². The first-order chi connectivity index (χ1) is 10.6. The van der Waals surface area contributed by atoms with E-state index in [-0.39, 0.29) is 11.7 Å². The van der Waals surface area contributed by atoms with E-state index in [9.17, 15) is 9.18 Å². The average molecular weight is 300 g/mol. The SMILES string of the molecule is CC1CCCN(C(=O)C2(c3c[nH]c4ccc(F)cc34)CC2)C1. The van der Waals surface area contributed by atoms with Crippen LogP contribution in [-0.4, -0.2) is 28.9 Å². The van der Waals surface area contributed by atoms with E-state index in [0.717, 1.165) is 48.8 Å². The first-order valence-electron chi connectivity index (χ1n) is 8.17. The van der Waals surface area contributed by atoms with Crippen LogP contribution >= 0.6 is 0 Å². The predicted octanol–water partition coefficient (Wildman–Crippen LogP) is 3.60.